The number of fused-ring (bicyclic) bond motifs is 1. The molecule has 2 aromatic heterocycles. The molecular weight excluding hydrogens is 496 g/mol. The second-order valence-electron chi connectivity index (χ2n) is 8.84. The molecule has 1 amide bonds. The number of anilines is 1. The quantitative estimate of drug-likeness (QED) is 0.230. The molecule has 0 spiro atoms. The number of ether oxygens (including phenoxy) is 2. The Morgan fingerprint density at radius 3 is 2.75 bits per heavy atom. The molecule has 0 radical (unpaired) electrons. The number of carbonyl (C=O) groups is 2. The van der Waals surface area contributed by atoms with E-state index in [9.17, 15) is 9.59 Å². The predicted octanol–water partition coefficient (Wildman–Crippen LogP) is 5.25. The Balaban J connectivity index is 1.39. The summed E-state index contributed by atoms with van der Waals surface area (Å²) in [6.45, 7) is 6.43. The van der Waals surface area contributed by atoms with Gasteiger partial charge in [-0.2, -0.15) is 0 Å². The molecule has 0 saturated carbocycles. The van der Waals surface area contributed by atoms with Gasteiger partial charge in [0, 0.05) is 11.9 Å². The fraction of sp³-hybridized carbons (Fsp3) is 0.462. The molecule has 0 atom stereocenters. The second-order valence-corrected chi connectivity index (χ2v) is 10.9. The van der Waals surface area contributed by atoms with Crippen LogP contribution in [0.15, 0.2) is 23.4 Å². The van der Waals surface area contributed by atoms with Crippen LogP contribution in [0.3, 0.4) is 0 Å². The van der Waals surface area contributed by atoms with Crippen LogP contribution in [0.4, 0.5) is 5.00 Å². The average molecular weight is 529 g/mol. The van der Waals surface area contributed by atoms with Crippen LogP contribution < -0.4 is 10.1 Å². The van der Waals surface area contributed by atoms with Gasteiger partial charge < -0.3 is 19.4 Å². The Labute approximate surface area is 219 Å². The van der Waals surface area contributed by atoms with E-state index < -0.39 is 0 Å². The highest BCUT2D eigenvalue weighted by Gasteiger charge is 2.26. The Hall–Kier alpha value is -2.85. The number of hydrogen-bond donors (Lipinski definition) is 1. The molecule has 1 aromatic carbocycles. The first kappa shape index (κ1) is 26.2. The maximum atomic E-state index is 12.8. The summed E-state index contributed by atoms with van der Waals surface area (Å²) < 4.78 is 13.1. The summed E-state index contributed by atoms with van der Waals surface area (Å²) in [6.07, 6.45) is 5.07. The van der Waals surface area contributed by atoms with E-state index in [-0.39, 0.29) is 24.2 Å². The van der Waals surface area contributed by atoms with Gasteiger partial charge in [-0.25, -0.2) is 4.79 Å². The maximum Gasteiger partial charge on any atom is 0.341 e. The Morgan fingerprint density at radius 1 is 1.17 bits per heavy atom. The summed E-state index contributed by atoms with van der Waals surface area (Å²) in [5, 5.41) is 12.6. The van der Waals surface area contributed by atoms with Crippen molar-refractivity contribution in [1.29, 1.82) is 0 Å². The van der Waals surface area contributed by atoms with Crippen molar-refractivity contribution >= 4 is 40.0 Å². The number of nitrogens with one attached hydrogen (secondary N) is 1. The number of amides is 1. The van der Waals surface area contributed by atoms with E-state index in [4.69, 9.17) is 9.47 Å². The number of aryl methyl sites for hydroxylation is 3. The molecule has 0 fully saturated rings. The van der Waals surface area contributed by atoms with Crippen molar-refractivity contribution in [3.8, 4) is 5.75 Å². The highest BCUT2D eigenvalue weighted by molar-refractivity contribution is 7.99. The first-order valence-corrected chi connectivity index (χ1v) is 14.0. The van der Waals surface area contributed by atoms with E-state index in [0.29, 0.717) is 28.2 Å². The largest absolute Gasteiger partial charge is 0.485 e. The lowest BCUT2D eigenvalue weighted by Gasteiger charge is -2.10. The van der Waals surface area contributed by atoms with Crippen molar-refractivity contribution in [2.45, 2.75) is 64.6 Å². The lowest BCUT2D eigenvalue weighted by atomic mass is 10.1. The van der Waals surface area contributed by atoms with Gasteiger partial charge >= 0.3 is 5.97 Å². The summed E-state index contributed by atoms with van der Waals surface area (Å²) in [7, 11) is 1.86. The molecule has 4 rings (SSSR count). The molecule has 10 heteroatoms. The van der Waals surface area contributed by atoms with Crippen molar-refractivity contribution in [3.63, 3.8) is 0 Å². The van der Waals surface area contributed by atoms with Crippen LogP contribution in [0.5, 0.6) is 5.75 Å². The van der Waals surface area contributed by atoms with Crippen molar-refractivity contribution in [3.05, 3.63) is 51.2 Å². The number of nitrogens with zero attached hydrogens (tertiary/aromatic N) is 3. The van der Waals surface area contributed by atoms with Gasteiger partial charge in [-0.1, -0.05) is 35.9 Å². The molecule has 1 N–H and O–H groups in total. The van der Waals surface area contributed by atoms with E-state index in [2.05, 4.69) is 21.6 Å². The first-order chi connectivity index (χ1) is 17.4. The SMILES string of the molecule is CCOC(=O)c1c(NC(=O)CSc2nnc(COc3ccc(C)cc3C)n2C)sc2c1CCCCC2. The Bertz CT molecular complexity index is 1250. The fourth-order valence-corrected chi connectivity index (χ4v) is 6.27. The third-order valence-corrected chi connectivity index (χ3v) is 8.33. The zero-order chi connectivity index (χ0) is 25.7. The van der Waals surface area contributed by atoms with Crippen molar-refractivity contribution < 1.29 is 19.1 Å². The standard InChI is InChI=1S/C26H32N4O4S2/c1-5-33-25(32)23-18-9-7-6-8-10-20(18)36-24(23)27-22(31)15-35-26-29-28-21(30(26)4)14-34-19-12-11-16(2)13-17(19)3/h11-13H,5-10,14-15H2,1-4H3,(H,27,31). The summed E-state index contributed by atoms with van der Waals surface area (Å²) in [5.41, 5.74) is 3.82. The third kappa shape index (κ3) is 6.10. The highest BCUT2D eigenvalue weighted by Crippen LogP contribution is 2.38. The van der Waals surface area contributed by atoms with E-state index in [1.54, 1.807) is 6.92 Å². The minimum atomic E-state index is -0.360. The van der Waals surface area contributed by atoms with Gasteiger partial charge in [0.05, 0.1) is 17.9 Å². The molecule has 0 bridgehead atoms. The maximum absolute atomic E-state index is 12.8. The van der Waals surface area contributed by atoms with Gasteiger partial charge in [0.2, 0.25) is 5.91 Å². The van der Waals surface area contributed by atoms with Crippen LogP contribution in [0.2, 0.25) is 0 Å². The molecule has 8 nitrogen and oxygen atoms in total. The topological polar surface area (TPSA) is 95.3 Å². The third-order valence-electron chi connectivity index (χ3n) is 6.10. The summed E-state index contributed by atoms with van der Waals surface area (Å²) in [6, 6.07) is 6.04. The predicted molar refractivity (Wildman–Crippen MR) is 142 cm³/mol. The van der Waals surface area contributed by atoms with Gasteiger partial charge in [0.15, 0.2) is 11.0 Å². The van der Waals surface area contributed by atoms with E-state index >= 15 is 0 Å². The van der Waals surface area contributed by atoms with E-state index in [0.717, 1.165) is 49.0 Å². The number of benzene rings is 1. The van der Waals surface area contributed by atoms with E-state index in [1.165, 1.54) is 33.5 Å². The van der Waals surface area contributed by atoms with Crippen LogP contribution in [-0.4, -0.2) is 39.0 Å². The van der Waals surface area contributed by atoms with Gasteiger partial charge in [-0.05, 0) is 63.6 Å². The lowest BCUT2D eigenvalue weighted by molar-refractivity contribution is -0.113. The fourth-order valence-electron chi connectivity index (χ4n) is 4.24. The molecule has 0 aliphatic heterocycles. The van der Waals surface area contributed by atoms with Crippen molar-refractivity contribution in [2.75, 3.05) is 17.7 Å². The van der Waals surface area contributed by atoms with Crippen molar-refractivity contribution in [1.82, 2.24) is 14.8 Å². The number of rotatable bonds is 9. The van der Waals surface area contributed by atoms with Gasteiger partial charge in [0.1, 0.15) is 17.4 Å². The second kappa shape index (κ2) is 11.9. The minimum Gasteiger partial charge on any atom is -0.485 e. The normalized spacial score (nSPS) is 13.1. The smallest absolute Gasteiger partial charge is 0.341 e. The van der Waals surface area contributed by atoms with Crippen LogP contribution in [0, 0.1) is 13.8 Å². The number of thiophene rings is 1. The first-order valence-electron chi connectivity index (χ1n) is 12.2. The molecule has 3 aromatic rings. The van der Waals surface area contributed by atoms with Crippen LogP contribution in [0.25, 0.3) is 0 Å². The van der Waals surface area contributed by atoms with E-state index in [1.807, 2.05) is 37.6 Å². The molecule has 192 valence electrons. The zero-order valence-electron chi connectivity index (χ0n) is 21.2. The Morgan fingerprint density at radius 2 is 1.97 bits per heavy atom. The molecule has 1 aliphatic rings. The van der Waals surface area contributed by atoms with Gasteiger partial charge in [0.25, 0.3) is 0 Å². The zero-order valence-corrected chi connectivity index (χ0v) is 22.8. The molecular formula is C26H32N4O4S2. The molecule has 36 heavy (non-hydrogen) atoms. The Kier molecular flexibility index (Phi) is 8.68. The average Bonchev–Trinajstić information content (AvgIpc) is 3.27. The highest BCUT2D eigenvalue weighted by atomic mass is 32.2. The summed E-state index contributed by atoms with van der Waals surface area (Å²) in [4.78, 5) is 26.7. The molecule has 2 heterocycles. The molecule has 1 aliphatic carbocycles. The molecule has 0 saturated heterocycles. The monoisotopic (exact) mass is 528 g/mol. The molecule has 0 unspecified atom stereocenters. The van der Waals surface area contributed by atoms with Crippen LogP contribution >= 0.6 is 23.1 Å². The van der Waals surface area contributed by atoms with Crippen LogP contribution in [-0.2, 0) is 36.0 Å². The van der Waals surface area contributed by atoms with Crippen molar-refractivity contribution in [2.24, 2.45) is 7.05 Å². The van der Waals surface area contributed by atoms with Gasteiger partial charge in [-0.3, -0.25) is 4.79 Å². The minimum absolute atomic E-state index is 0.148. The summed E-state index contributed by atoms with van der Waals surface area (Å²) in [5.74, 6) is 1.07. The number of hydrogen-bond acceptors (Lipinski definition) is 8. The lowest BCUT2D eigenvalue weighted by Crippen LogP contribution is -2.17. The number of thioether (sulfide) groups is 1. The summed E-state index contributed by atoms with van der Waals surface area (Å²) >= 11 is 2.80. The number of esters is 1. The van der Waals surface area contributed by atoms with Gasteiger partial charge in [-0.15, -0.1) is 21.5 Å². The number of aromatic nitrogens is 3. The number of carbonyl (C=O) groups excluding carboxylic acids is 2. The van der Waals surface area contributed by atoms with Crippen LogP contribution in [0.1, 0.15) is 63.9 Å².